The summed E-state index contributed by atoms with van der Waals surface area (Å²) >= 11 is 0. The zero-order chi connectivity index (χ0) is 19.7. The van der Waals surface area contributed by atoms with Crippen molar-refractivity contribution in [3.8, 4) is 0 Å². The molecule has 4 aliphatic carbocycles. The van der Waals surface area contributed by atoms with Crippen LogP contribution in [0, 0.1) is 23.2 Å². The van der Waals surface area contributed by atoms with Gasteiger partial charge in [-0.3, -0.25) is 14.4 Å². The minimum Gasteiger partial charge on any atom is -0.347 e. The Labute approximate surface area is 166 Å². The number of benzene rings is 1. The fraction of sp³-hybridized carbons (Fsp3) is 0.591. The first-order chi connectivity index (χ1) is 13.4. The number of anilines is 1. The van der Waals surface area contributed by atoms with Crippen LogP contribution in [0.4, 0.5) is 5.69 Å². The van der Waals surface area contributed by atoms with E-state index >= 15 is 0 Å². The molecule has 6 heteroatoms. The molecule has 0 heterocycles. The Morgan fingerprint density at radius 3 is 2.14 bits per heavy atom. The van der Waals surface area contributed by atoms with Crippen LogP contribution >= 0.6 is 0 Å². The first-order valence-electron chi connectivity index (χ1n) is 10.3. The fourth-order valence-electron chi connectivity index (χ4n) is 5.89. The quantitative estimate of drug-likeness (QED) is 0.792. The van der Waals surface area contributed by atoms with Crippen LogP contribution in [0.15, 0.2) is 30.3 Å². The van der Waals surface area contributed by atoms with Crippen LogP contribution in [0.5, 0.6) is 0 Å². The number of hydrogen-bond acceptors (Lipinski definition) is 3. The van der Waals surface area contributed by atoms with Crippen molar-refractivity contribution < 1.29 is 14.4 Å². The second-order valence-corrected chi connectivity index (χ2v) is 9.04. The molecule has 4 aliphatic rings. The molecule has 4 saturated carbocycles. The lowest BCUT2D eigenvalue weighted by molar-refractivity contribution is -0.147. The third-order valence-electron chi connectivity index (χ3n) is 6.78. The second-order valence-electron chi connectivity index (χ2n) is 9.04. The summed E-state index contributed by atoms with van der Waals surface area (Å²) < 4.78 is 0. The normalized spacial score (nSPS) is 30.0. The highest BCUT2D eigenvalue weighted by Crippen LogP contribution is 2.60. The van der Waals surface area contributed by atoms with Gasteiger partial charge >= 0.3 is 0 Å². The maximum absolute atomic E-state index is 12.9. The largest absolute Gasteiger partial charge is 0.347 e. The van der Waals surface area contributed by atoms with Crippen molar-refractivity contribution in [1.82, 2.24) is 10.2 Å². The molecule has 1 aromatic carbocycles. The molecule has 4 fully saturated rings. The zero-order valence-corrected chi connectivity index (χ0v) is 16.4. The highest BCUT2D eigenvalue weighted by molar-refractivity contribution is 5.95. The molecule has 0 spiro atoms. The highest BCUT2D eigenvalue weighted by Gasteiger charge is 2.54. The monoisotopic (exact) mass is 383 g/mol. The van der Waals surface area contributed by atoms with Gasteiger partial charge in [0.15, 0.2) is 0 Å². The maximum atomic E-state index is 12.9. The van der Waals surface area contributed by atoms with E-state index in [2.05, 4.69) is 10.6 Å². The van der Waals surface area contributed by atoms with Gasteiger partial charge in [-0.2, -0.15) is 0 Å². The molecule has 0 unspecified atom stereocenters. The smallest absolute Gasteiger partial charge is 0.243 e. The lowest BCUT2D eigenvalue weighted by Gasteiger charge is -2.55. The Bertz CT molecular complexity index is 726. The minimum atomic E-state index is -0.255. The lowest BCUT2D eigenvalue weighted by Crippen LogP contribution is -2.54. The lowest BCUT2D eigenvalue weighted by atomic mass is 9.49. The van der Waals surface area contributed by atoms with Gasteiger partial charge in [-0.05, 0) is 68.4 Å². The van der Waals surface area contributed by atoms with Gasteiger partial charge in [0.2, 0.25) is 17.7 Å². The number of rotatable bonds is 6. The second kappa shape index (κ2) is 7.57. The summed E-state index contributed by atoms with van der Waals surface area (Å²) in [6, 6.07) is 9.14. The summed E-state index contributed by atoms with van der Waals surface area (Å²) in [6.45, 7) is -0.0866. The number of nitrogens with one attached hydrogen (secondary N) is 2. The predicted octanol–water partition coefficient (Wildman–Crippen LogP) is 2.42. The molecule has 2 N–H and O–H groups in total. The molecular formula is C22H29N3O3. The summed E-state index contributed by atoms with van der Waals surface area (Å²) in [7, 11) is 1.59. The number of nitrogens with zero attached hydrogens (tertiary/aromatic N) is 1. The van der Waals surface area contributed by atoms with E-state index in [0.717, 1.165) is 19.3 Å². The number of para-hydroxylation sites is 1. The Hall–Kier alpha value is -2.37. The topological polar surface area (TPSA) is 78.5 Å². The third-order valence-corrected chi connectivity index (χ3v) is 6.78. The van der Waals surface area contributed by atoms with Crippen LogP contribution in [0.1, 0.15) is 38.5 Å². The molecule has 0 radical (unpaired) electrons. The van der Waals surface area contributed by atoms with Crippen LogP contribution < -0.4 is 10.6 Å². The van der Waals surface area contributed by atoms with Gasteiger partial charge in [0.1, 0.15) is 0 Å². The van der Waals surface area contributed by atoms with E-state index in [-0.39, 0.29) is 36.2 Å². The Kier molecular flexibility index (Phi) is 5.13. The first kappa shape index (κ1) is 19.0. The van der Waals surface area contributed by atoms with Crippen molar-refractivity contribution in [3.63, 3.8) is 0 Å². The van der Waals surface area contributed by atoms with Gasteiger partial charge in [-0.1, -0.05) is 18.2 Å². The van der Waals surface area contributed by atoms with Crippen molar-refractivity contribution in [3.05, 3.63) is 30.3 Å². The molecule has 1 aromatic rings. The molecule has 3 amide bonds. The van der Waals surface area contributed by atoms with Crippen molar-refractivity contribution in [2.75, 3.05) is 25.5 Å². The number of carbonyl (C=O) groups excluding carboxylic acids is 3. The maximum Gasteiger partial charge on any atom is 0.243 e. The van der Waals surface area contributed by atoms with Crippen LogP contribution in [-0.4, -0.2) is 42.8 Å². The van der Waals surface area contributed by atoms with E-state index in [9.17, 15) is 14.4 Å². The van der Waals surface area contributed by atoms with Crippen LogP contribution in [0.25, 0.3) is 0 Å². The SMILES string of the molecule is CN(CC(=O)Nc1ccccc1)C(=O)CNC(=O)C12CC3CC(CC(C3)C1)C2. The molecule has 0 aliphatic heterocycles. The molecule has 0 aromatic heterocycles. The van der Waals surface area contributed by atoms with Crippen molar-refractivity contribution >= 4 is 23.4 Å². The Morgan fingerprint density at radius 2 is 1.57 bits per heavy atom. The van der Waals surface area contributed by atoms with Gasteiger partial charge < -0.3 is 15.5 Å². The van der Waals surface area contributed by atoms with Crippen molar-refractivity contribution in [2.45, 2.75) is 38.5 Å². The van der Waals surface area contributed by atoms with E-state index in [1.54, 1.807) is 19.2 Å². The number of carbonyl (C=O) groups is 3. The first-order valence-corrected chi connectivity index (χ1v) is 10.3. The number of hydrogen-bond donors (Lipinski definition) is 2. The van der Waals surface area contributed by atoms with E-state index in [0.29, 0.717) is 23.4 Å². The molecular weight excluding hydrogens is 354 g/mol. The predicted molar refractivity (Wildman–Crippen MR) is 106 cm³/mol. The molecule has 0 saturated heterocycles. The van der Waals surface area contributed by atoms with E-state index < -0.39 is 0 Å². The van der Waals surface area contributed by atoms with Gasteiger partial charge in [0.05, 0.1) is 13.1 Å². The standard InChI is InChI=1S/C22H29N3O3/c1-25(14-19(26)24-18-5-3-2-4-6-18)20(27)13-23-21(28)22-10-15-7-16(11-22)9-17(8-15)12-22/h2-6,15-17H,7-14H2,1H3,(H,23,28)(H,24,26). The van der Waals surface area contributed by atoms with E-state index in [4.69, 9.17) is 0 Å². The molecule has 4 bridgehead atoms. The number of likely N-dealkylation sites (N-methyl/N-ethyl adjacent to an activating group) is 1. The average Bonchev–Trinajstić information content (AvgIpc) is 2.65. The molecule has 5 rings (SSSR count). The molecule has 28 heavy (non-hydrogen) atoms. The van der Waals surface area contributed by atoms with Crippen molar-refractivity contribution in [2.24, 2.45) is 23.2 Å². The molecule has 6 nitrogen and oxygen atoms in total. The van der Waals surface area contributed by atoms with Crippen LogP contribution in [0.2, 0.25) is 0 Å². The van der Waals surface area contributed by atoms with E-state index in [1.165, 1.54) is 24.2 Å². The summed E-state index contributed by atoms with van der Waals surface area (Å²) in [5.74, 6) is 1.61. The van der Waals surface area contributed by atoms with Gasteiger partial charge in [-0.25, -0.2) is 0 Å². The molecule has 0 atom stereocenters. The Morgan fingerprint density at radius 1 is 1.00 bits per heavy atom. The van der Waals surface area contributed by atoms with Crippen LogP contribution in [-0.2, 0) is 14.4 Å². The summed E-state index contributed by atoms with van der Waals surface area (Å²) in [5.41, 5.74) is 0.446. The molecule has 150 valence electrons. The summed E-state index contributed by atoms with van der Waals surface area (Å²) in [4.78, 5) is 38.8. The summed E-state index contributed by atoms with van der Waals surface area (Å²) in [5, 5.41) is 5.64. The van der Waals surface area contributed by atoms with Gasteiger partial charge in [-0.15, -0.1) is 0 Å². The Balaban J connectivity index is 1.26. The fourth-order valence-corrected chi connectivity index (χ4v) is 5.89. The van der Waals surface area contributed by atoms with Gasteiger partial charge in [0, 0.05) is 18.2 Å². The third kappa shape index (κ3) is 3.91. The number of amides is 3. The van der Waals surface area contributed by atoms with Crippen molar-refractivity contribution in [1.29, 1.82) is 0 Å². The minimum absolute atomic E-state index is 0.0407. The summed E-state index contributed by atoms with van der Waals surface area (Å²) in [6.07, 6.45) is 6.79. The highest BCUT2D eigenvalue weighted by atomic mass is 16.2. The zero-order valence-electron chi connectivity index (χ0n) is 16.4. The van der Waals surface area contributed by atoms with Gasteiger partial charge in [0.25, 0.3) is 0 Å². The van der Waals surface area contributed by atoms with Crippen LogP contribution in [0.3, 0.4) is 0 Å². The van der Waals surface area contributed by atoms with E-state index in [1.807, 2.05) is 18.2 Å². The average molecular weight is 383 g/mol.